The van der Waals surface area contributed by atoms with Gasteiger partial charge in [-0.15, -0.1) is 0 Å². The molecular weight excluding hydrogens is 507 g/mol. The third-order valence-electron chi connectivity index (χ3n) is 6.00. The lowest BCUT2D eigenvalue weighted by Gasteiger charge is -2.29. The van der Waals surface area contributed by atoms with Gasteiger partial charge in [0.1, 0.15) is 5.69 Å². The summed E-state index contributed by atoms with van der Waals surface area (Å²) in [4.78, 5) is 19.3. The Morgan fingerprint density at radius 3 is 2.35 bits per heavy atom. The van der Waals surface area contributed by atoms with Gasteiger partial charge in [-0.1, -0.05) is 30.3 Å². The zero-order valence-corrected chi connectivity index (χ0v) is 20.5. The number of halogens is 3. The number of nitrogens with one attached hydrogen (secondary N) is 1. The number of nitrogens with zero attached hydrogens (tertiary/aromatic N) is 4. The molecule has 0 saturated carbocycles. The van der Waals surface area contributed by atoms with Crippen molar-refractivity contribution in [1.82, 2.24) is 19.5 Å². The third kappa shape index (κ3) is 5.07. The highest BCUT2D eigenvalue weighted by Crippen LogP contribution is 2.33. The van der Waals surface area contributed by atoms with E-state index in [9.17, 15) is 22.2 Å². The lowest BCUT2D eigenvalue weighted by molar-refractivity contribution is -0.0393. The zero-order chi connectivity index (χ0) is 26.2. The first-order valence-electron chi connectivity index (χ1n) is 11.4. The Hall–Kier alpha value is -3.77. The molecule has 1 atom stereocenters. The van der Waals surface area contributed by atoms with Gasteiger partial charge in [0.15, 0.2) is 5.65 Å². The maximum absolute atomic E-state index is 12.8. The van der Waals surface area contributed by atoms with E-state index in [0.717, 1.165) is 24.3 Å². The van der Waals surface area contributed by atoms with Gasteiger partial charge in [0.2, 0.25) is 11.0 Å². The molecule has 12 heteroatoms. The molecule has 8 nitrogen and oxygen atoms in total. The average Bonchev–Trinajstić information content (AvgIpc) is 3.25. The maximum atomic E-state index is 12.8. The molecular formula is C25H22F3N5O3S. The first-order chi connectivity index (χ1) is 17.7. The molecule has 1 aliphatic heterocycles. The van der Waals surface area contributed by atoms with Crippen LogP contribution in [0.1, 0.15) is 16.2 Å². The number of morpholine rings is 1. The molecule has 4 aromatic rings. The van der Waals surface area contributed by atoms with Crippen molar-refractivity contribution in [1.29, 1.82) is 0 Å². The van der Waals surface area contributed by atoms with Gasteiger partial charge in [-0.3, -0.25) is 9.52 Å². The molecule has 1 aliphatic rings. The van der Waals surface area contributed by atoms with Gasteiger partial charge in [0.25, 0.3) is 5.91 Å². The maximum Gasteiger partial charge on any atom is 0.490 e. The fraction of sp³-hybridized carbons (Fsp3) is 0.240. The minimum atomic E-state index is -5.10. The van der Waals surface area contributed by atoms with Crippen molar-refractivity contribution in [2.24, 2.45) is 0 Å². The predicted octanol–water partition coefficient (Wildman–Crippen LogP) is 4.15. The first kappa shape index (κ1) is 24.9. The number of para-hydroxylation sites is 1. The van der Waals surface area contributed by atoms with Crippen molar-refractivity contribution in [2.75, 3.05) is 31.2 Å². The van der Waals surface area contributed by atoms with Crippen LogP contribution >= 0.6 is 0 Å². The summed E-state index contributed by atoms with van der Waals surface area (Å²) >= 11 is 0. The van der Waals surface area contributed by atoms with Gasteiger partial charge < -0.3 is 9.64 Å². The Morgan fingerprint density at radius 2 is 1.70 bits per heavy atom. The van der Waals surface area contributed by atoms with E-state index in [1.165, 1.54) is 15.5 Å². The molecule has 0 bridgehead atoms. The summed E-state index contributed by atoms with van der Waals surface area (Å²) in [6, 6.07) is 18.1. The van der Waals surface area contributed by atoms with Crippen LogP contribution in [0.5, 0.6) is 0 Å². The van der Waals surface area contributed by atoms with Crippen molar-refractivity contribution in [3.8, 4) is 16.8 Å². The molecule has 1 unspecified atom stereocenters. The molecule has 37 heavy (non-hydrogen) atoms. The van der Waals surface area contributed by atoms with Gasteiger partial charge in [-0.25, -0.2) is 13.9 Å². The fourth-order valence-electron chi connectivity index (χ4n) is 4.25. The van der Waals surface area contributed by atoms with Crippen molar-refractivity contribution < 1.29 is 26.9 Å². The molecule has 2 aromatic heterocycles. The number of carbonyl (C=O) groups is 1. The summed E-state index contributed by atoms with van der Waals surface area (Å²) < 4.78 is 58.5. The van der Waals surface area contributed by atoms with Crippen LogP contribution in [0.4, 0.5) is 18.9 Å². The number of hydrogen-bond donors (Lipinski definition) is 1. The Morgan fingerprint density at radius 1 is 1.03 bits per heavy atom. The Bertz CT molecular complexity index is 1470. The van der Waals surface area contributed by atoms with Crippen LogP contribution in [-0.2, 0) is 15.7 Å². The summed E-state index contributed by atoms with van der Waals surface area (Å²) in [5.74, 6) is -1.21. The SMILES string of the molecule is Cc1nn(-c2ccccc2)c2nc(C(=O)NS(=O)C(F)(F)F)cc(-c3ccc(N4CCOCC4)cc3)c12. The van der Waals surface area contributed by atoms with Gasteiger partial charge in [-0.2, -0.15) is 18.3 Å². The summed E-state index contributed by atoms with van der Waals surface area (Å²) in [5.41, 5.74) is -1.52. The number of ether oxygens (including phenoxy) is 1. The normalized spacial score (nSPS) is 15.1. The van der Waals surface area contributed by atoms with Crippen LogP contribution in [-0.4, -0.2) is 56.7 Å². The molecule has 1 amide bonds. The summed E-state index contributed by atoms with van der Waals surface area (Å²) in [5, 5.41) is 5.25. The number of carbonyl (C=O) groups excluding carboxylic acids is 1. The van der Waals surface area contributed by atoms with Crippen molar-refractivity contribution in [2.45, 2.75) is 12.4 Å². The van der Waals surface area contributed by atoms with Crippen LogP contribution in [0.2, 0.25) is 0 Å². The van der Waals surface area contributed by atoms with E-state index in [0.29, 0.717) is 41.2 Å². The molecule has 0 aliphatic carbocycles. The van der Waals surface area contributed by atoms with E-state index < -0.39 is 22.4 Å². The molecule has 192 valence electrons. The Balaban J connectivity index is 1.63. The Labute approximate surface area is 212 Å². The largest absolute Gasteiger partial charge is 0.490 e. The van der Waals surface area contributed by atoms with Crippen LogP contribution < -0.4 is 9.62 Å². The highest BCUT2D eigenvalue weighted by atomic mass is 32.2. The van der Waals surface area contributed by atoms with Crippen molar-refractivity contribution in [3.05, 3.63) is 72.1 Å². The summed E-state index contributed by atoms with van der Waals surface area (Å²) in [7, 11) is -3.57. The van der Waals surface area contributed by atoms with E-state index in [1.54, 1.807) is 19.1 Å². The van der Waals surface area contributed by atoms with Gasteiger partial charge in [-0.05, 0) is 48.4 Å². The topological polar surface area (TPSA) is 89.3 Å². The molecule has 1 saturated heterocycles. The molecule has 1 fully saturated rings. The molecule has 0 radical (unpaired) electrons. The van der Waals surface area contributed by atoms with Crippen LogP contribution in [0.15, 0.2) is 60.7 Å². The number of fused-ring (bicyclic) bond motifs is 1. The first-order valence-corrected chi connectivity index (χ1v) is 12.6. The van der Waals surface area contributed by atoms with Gasteiger partial charge in [0.05, 0.1) is 30.0 Å². The lowest BCUT2D eigenvalue weighted by Crippen LogP contribution is -2.36. The van der Waals surface area contributed by atoms with E-state index >= 15 is 0 Å². The van der Waals surface area contributed by atoms with Crippen LogP contribution in [0.25, 0.3) is 27.8 Å². The van der Waals surface area contributed by atoms with Crippen molar-refractivity contribution in [3.63, 3.8) is 0 Å². The zero-order valence-electron chi connectivity index (χ0n) is 19.7. The summed E-state index contributed by atoms with van der Waals surface area (Å²) in [6.45, 7) is 4.61. The number of pyridine rings is 1. The van der Waals surface area contributed by atoms with E-state index in [1.807, 2.05) is 42.5 Å². The number of alkyl halides is 3. The van der Waals surface area contributed by atoms with E-state index in [2.05, 4.69) is 15.0 Å². The number of aromatic nitrogens is 3. The monoisotopic (exact) mass is 529 g/mol. The number of rotatable bonds is 5. The van der Waals surface area contributed by atoms with Crippen molar-refractivity contribution >= 4 is 33.6 Å². The number of hydrogen-bond acceptors (Lipinski definition) is 6. The molecule has 3 heterocycles. The molecule has 0 spiro atoms. The molecule has 2 aromatic carbocycles. The second kappa shape index (κ2) is 9.94. The summed E-state index contributed by atoms with van der Waals surface area (Å²) in [6.07, 6.45) is 0. The minimum Gasteiger partial charge on any atom is -0.378 e. The highest BCUT2D eigenvalue weighted by molar-refractivity contribution is 7.84. The van der Waals surface area contributed by atoms with E-state index in [4.69, 9.17) is 4.74 Å². The number of anilines is 1. The number of aryl methyl sites for hydroxylation is 1. The van der Waals surface area contributed by atoms with Gasteiger partial charge >= 0.3 is 5.51 Å². The quantitative estimate of drug-likeness (QED) is 0.418. The third-order valence-corrected chi connectivity index (χ3v) is 6.79. The lowest BCUT2D eigenvalue weighted by atomic mass is 10.0. The average molecular weight is 530 g/mol. The smallest absolute Gasteiger partial charge is 0.378 e. The fourth-order valence-corrected chi connectivity index (χ4v) is 4.64. The highest BCUT2D eigenvalue weighted by Gasteiger charge is 2.39. The number of amides is 1. The van der Waals surface area contributed by atoms with Crippen LogP contribution in [0.3, 0.4) is 0 Å². The van der Waals surface area contributed by atoms with E-state index in [-0.39, 0.29) is 5.69 Å². The van der Waals surface area contributed by atoms with Crippen LogP contribution in [0, 0.1) is 6.92 Å². The second-order valence-corrected chi connectivity index (χ2v) is 9.58. The predicted molar refractivity (Wildman–Crippen MR) is 134 cm³/mol. The minimum absolute atomic E-state index is 0.293. The second-order valence-electron chi connectivity index (χ2n) is 8.38. The van der Waals surface area contributed by atoms with Gasteiger partial charge in [0, 0.05) is 18.8 Å². The number of benzene rings is 2. The standard InChI is InChI=1S/C25H22F3N5O3S/c1-16-22-20(17-7-9-18(10-8-17)32-11-13-36-14-12-32)15-21(24(34)31-37(35)25(26,27)28)29-23(22)33(30-16)19-5-3-2-4-6-19/h2-10,15H,11-14H2,1H3,(H,31,34). The molecule has 5 rings (SSSR count). The molecule has 1 N–H and O–H groups in total. The Kier molecular flexibility index (Phi) is 6.69.